The zero-order chi connectivity index (χ0) is 12.7. The fourth-order valence-electron chi connectivity index (χ4n) is 3.69. The molecule has 2 saturated carbocycles. The van der Waals surface area contributed by atoms with Gasteiger partial charge < -0.3 is 10.8 Å². The van der Waals surface area contributed by atoms with Crippen LogP contribution in [-0.2, 0) is 0 Å². The van der Waals surface area contributed by atoms with Crippen LogP contribution in [0.2, 0.25) is 0 Å². The van der Waals surface area contributed by atoms with E-state index >= 15 is 0 Å². The molecule has 2 aliphatic rings. The lowest BCUT2D eigenvalue weighted by atomic mass is 9.57. The Balaban J connectivity index is 1.98. The fraction of sp³-hybridized carbons (Fsp3) is 1.00. The van der Waals surface area contributed by atoms with Gasteiger partial charge in [0.2, 0.25) is 0 Å². The van der Waals surface area contributed by atoms with Crippen LogP contribution < -0.4 is 5.73 Å². The Morgan fingerprint density at radius 3 is 2.06 bits per heavy atom. The molecule has 0 unspecified atom stereocenters. The minimum absolute atomic E-state index is 0.256. The monoisotopic (exact) mass is 239 g/mol. The maximum absolute atomic E-state index is 10.8. The van der Waals surface area contributed by atoms with Gasteiger partial charge in [-0.3, -0.25) is 0 Å². The summed E-state index contributed by atoms with van der Waals surface area (Å²) >= 11 is 0. The Kier molecular flexibility index (Phi) is 3.33. The van der Waals surface area contributed by atoms with E-state index in [1.807, 2.05) is 0 Å². The minimum atomic E-state index is -0.564. The van der Waals surface area contributed by atoms with Crippen LogP contribution in [0.5, 0.6) is 0 Å². The van der Waals surface area contributed by atoms with Crippen molar-refractivity contribution in [2.24, 2.45) is 17.1 Å². The van der Waals surface area contributed by atoms with E-state index in [-0.39, 0.29) is 5.54 Å². The van der Waals surface area contributed by atoms with E-state index < -0.39 is 5.60 Å². The molecule has 0 aliphatic heterocycles. The third kappa shape index (κ3) is 2.15. The van der Waals surface area contributed by atoms with Gasteiger partial charge in [-0.1, -0.05) is 27.2 Å². The molecule has 0 heterocycles. The number of aliphatic hydroxyl groups is 1. The smallest absolute Gasteiger partial charge is 0.0826 e. The zero-order valence-electron chi connectivity index (χ0n) is 11.8. The molecule has 0 saturated heterocycles. The molecule has 100 valence electrons. The van der Waals surface area contributed by atoms with Crippen molar-refractivity contribution in [1.29, 1.82) is 0 Å². The lowest BCUT2D eigenvalue weighted by molar-refractivity contribution is -0.110. The number of nitrogens with two attached hydrogens (primary N) is 1. The lowest BCUT2D eigenvalue weighted by Crippen LogP contribution is -2.65. The molecule has 2 heteroatoms. The molecule has 0 atom stereocenters. The molecule has 2 rings (SSSR count). The summed E-state index contributed by atoms with van der Waals surface area (Å²) < 4.78 is 0. The molecule has 3 N–H and O–H groups in total. The third-order valence-corrected chi connectivity index (χ3v) is 6.00. The molecule has 17 heavy (non-hydrogen) atoms. The van der Waals surface area contributed by atoms with E-state index in [2.05, 4.69) is 20.8 Å². The molecule has 0 aromatic carbocycles. The van der Waals surface area contributed by atoms with E-state index in [4.69, 9.17) is 5.73 Å². The van der Waals surface area contributed by atoms with Gasteiger partial charge in [-0.05, 0) is 56.3 Å². The summed E-state index contributed by atoms with van der Waals surface area (Å²) in [6.45, 7) is 7.00. The maximum atomic E-state index is 10.8. The Hall–Kier alpha value is -0.0800. The molecule has 2 nitrogen and oxygen atoms in total. The molecule has 0 radical (unpaired) electrons. The quantitative estimate of drug-likeness (QED) is 0.794. The average Bonchev–Trinajstić information content (AvgIpc) is 2.26. The van der Waals surface area contributed by atoms with E-state index in [0.717, 1.165) is 44.4 Å². The van der Waals surface area contributed by atoms with Crippen molar-refractivity contribution < 1.29 is 5.11 Å². The highest BCUT2D eigenvalue weighted by molar-refractivity contribution is 5.10. The second-order valence-electron chi connectivity index (χ2n) is 7.16. The highest BCUT2D eigenvalue weighted by Crippen LogP contribution is 2.50. The molecule has 0 amide bonds. The summed E-state index contributed by atoms with van der Waals surface area (Å²) in [5.74, 6) is 0.761. The molecule has 0 bridgehead atoms. The third-order valence-electron chi connectivity index (χ3n) is 6.00. The Labute approximate surface area is 106 Å². The molecular weight excluding hydrogens is 210 g/mol. The van der Waals surface area contributed by atoms with Crippen LogP contribution in [0.1, 0.15) is 72.1 Å². The van der Waals surface area contributed by atoms with Crippen LogP contribution in [0, 0.1) is 11.3 Å². The fourth-order valence-corrected chi connectivity index (χ4v) is 3.69. The van der Waals surface area contributed by atoms with Crippen molar-refractivity contribution in [2.45, 2.75) is 83.3 Å². The van der Waals surface area contributed by atoms with Gasteiger partial charge in [-0.15, -0.1) is 0 Å². The number of hydrogen-bond acceptors (Lipinski definition) is 2. The highest BCUT2D eigenvalue weighted by atomic mass is 16.3. The first-order valence-corrected chi connectivity index (χ1v) is 7.34. The highest BCUT2D eigenvalue weighted by Gasteiger charge is 2.53. The molecular formula is C15H29NO. The summed E-state index contributed by atoms with van der Waals surface area (Å²) in [6, 6.07) is 0. The van der Waals surface area contributed by atoms with Crippen LogP contribution in [0.15, 0.2) is 0 Å². The Morgan fingerprint density at radius 1 is 1.18 bits per heavy atom. The first kappa shape index (κ1) is 13.4. The van der Waals surface area contributed by atoms with Crippen LogP contribution in [0.25, 0.3) is 0 Å². The van der Waals surface area contributed by atoms with Crippen molar-refractivity contribution in [1.82, 2.24) is 0 Å². The second-order valence-corrected chi connectivity index (χ2v) is 7.16. The summed E-state index contributed by atoms with van der Waals surface area (Å²) in [5, 5.41) is 10.8. The summed E-state index contributed by atoms with van der Waals surface area (Å²) in [5.41, 5.74) is 5.95. The van der Waals surface area contributed by atoms with Gasteiger partial charge >= 0.3 is 0 Å². The van der Waals surface area contributed by atoms with Gasteiger partial charge in [-0.2, -0.15) is 0 Å². The van der Waals surface area contributed by atoms with Crippen LogP contribution in [0.3, 0.4) is 0 Å². The standard InChI is InChI=1S/C15H29NO/c1-4-13(2,3)12-6-10-15(17,11-7-12)14(16)8-5-9-14/h12,17H,4-11,16H2,1-3H3. The van der Waals surface area contributed by atoms with Crippen molar-refractivity contribution in [3.63, 3.8) is 0 Å². The number of hydrogen-bond donors (Lipinski definition) is 2. The number of rotatable bonds is 3. The first-order valence-electron chi connectivity index (χ1n) is 7.34. The van der Waals surface area contributed by atoms with Crippen molar-refractivity contribution in [3.05, 3.63) is 0 Å². The van der Waals surface area contributed by atoms with Crippen molar-refractivity contribution in [2.75, 3.05) is 0 Å². The predicted octanol–water partition coefficient (Wildman–Crippen LogP) is 3.23. The van der Waals surface area contributed by atoms with Crippen molar-refractivity contribution in [3.8, 4) is 0 Å². The van der Waals surface area contributed by atoms with Crippen LogP contribution in [-0.4, -0.2) is 16.2 Å². The van der Waals surface area contributed by atoms with Crippen molar-refractivity contribution >= 4 is 0 Å². The molecule has 2 aliphatic carbocycles. The predicted molar refractivity (Wildman–Crippen MR) is 71.7 cm³/mol. The Morgan fingerprint density at radius 2 is 1.71 bits per heavy atom. The molecule has 0 spiro atoms. The largest absolute Gasteiger partial charge is 0.388 e. The first-order chi connectivity index (χ1) is 7.83. The van der Waals surface area contributed by atoms with E-state index in [9.17, 15) is 5.11 Å². The summed E-state index contributed by atoms with van der Waals surface area (Å²) in [4.78, 5) is 0. The van der Waals surface area contributed by atoms with Gasteiger partial charge in [-0.25, -0.2) is 0 Å². The molecule has 2 fully saturated rings. The maximum Gasteiger partial charge on any atom is 0.0826 e. The van der Waals surface area contributed by atoms with E-state index in [1.165, 1.54) is 12.8 Å². The normalized spacial score (nSPS) is 37.6. The summed E-state index contributed by atoms with van der Waals surface area (Å²) in [6.07, 6.45) is 8.59. The molecule has 0 aromatic rings. The van der Waals surface area contributed by atoms with Crippen LogP contribution in [0.4, 0.5) is 0 Å². The average molecular weight is 239 g/mol. The van der Waals surface area contributed by atoms with Gasteiger partial charge in [0.15, 0.2) is 0 Å². The topological polar surface area (TPSA) is 46.2 Å². The SMILES string of the molecule is CCC(C)(C)C1CCC(O)(C2(N)CCC2)CC1. The van der Waals surface area contributed by atoms with E-state index in [0.29, 0.717) is 5.41 Å². The Bertz CT molecular complexity index is 273. The summed E-state index contributed by atoms with van der Waals surface area (Å²) in [7, 11) is 0. The van der Waals surface area contributed by atoms with Gasteiger partial charge in [0.1, 0.15) is 0 Å². The van der Waals surface area contributed by atoms with Crippen LogP contribution >= 0.6 is 0 Å². The minimum Gasteiger partial charge on any atom is -0.388 e. The second kappa shape index (κ2) is 4.24. The lowest BCUT2D eigenvalue weighted by Gasteiger charge is -2.54. The van der Waals surface area contributed by atoms with E-state index in [1.54, 1.807) is 0 Å². The molecule has 0 aromatic heterocycles. The zero-order valence-corrected chi connectivity index (χ0v) is 11.8. The van der Waals surface area contributed by atoms with Gasteiger partial charge in [0.05, 0.1) is 5.60 Å². The van der Waals surface area contributed by atoms with Gasteiger partial charge in [0.25, 0.3) is 0 Å². The van der Waals surface area contributed by atoms with Gasteiger partial charge in [0, 0.05) is 5.54 Å².